The molecule has 0 saturated heterocycles. The van der Waals surface area contributed by atoms with E-state index in [4.69, 9.17) is 0 Å². The maximum absolute atomic E-state index is 13.3. The van der Waals surface area contributed by atoms with Gasteiger partial charge in [0.2, 0.25) is 0 Å². The minimum Gasteiger partial charge on any atom is -0.279 e. The summed E-state index contributed by atoms with van der Waals surface area (Å²) < 4.78 is 14.9. The summed E-state index contributed by atoms with van der Waals surface area (Å²) in [5, 5.41) is 4.08. The van der Waals surface area contributed by atoms with E-state index in [1.54, 1.807) is 6.21 Å². The summed E-state index contributed by atoms with van der Waals surface area (Å²) >= 11 is 5.48. The molecule has 0 aliphatic carbocycles. The Hall–Kier alpha value is -0.950. The topological polar surface area (TPSA) is 24.4 Å². The van der Waals surface area contributed by atoms with Crippen LogP contribution in [0.25, 0.3) is 0 Å². The second-order valence-corrected chi connectivity index (χ2v) is 5.48. The van der Waals surface area contributed by atoms with Crippen molar-refractivity contribution in [2.24, 2.45) is 5.10 Å². The zero-order valence-corrected chi connectivity index (χ0v) is 12.9. The highest BCUT2D eigenvalue weighted by molar-refractivity contribution is 14.1. The number of rotatable bonds is 3. The van der Waals surface area contributed by atoms with Crippen LogP contribution in [0.1, 0.15) is 5.56 Å². The number of anilines is 1. The average Bonchev–Trinajstić information content (AvgIpc) is 2.36. The fourth-order valence-corrected chi connectivity index (χ4v) is 2.30. The maximum atomic E-state index is 13.3. The molecule has 2 aromatic carbocycles. The zero-order chi connectivity index (χ0) is 13.0. The largest absolute Gasteiger partial charge is 0.279 e. The quantitative estimate of drug-likeness (QED) is 0.334. The molecular formula is C13H9BrFIN2. The number of nitrogens with one attached hydrogen (secondary N) is 1. The summed E-state index contributed by atoms with van der Waals surface area (Å²) in [6, 6.07) is 12.5. The number of hydrogen-bond acceptors (Lipinski definition) is 2. The third-order valence-corrected chi connectivity index (χ3v) is 4.67. The second-order valence-electron chi connectivity index (χ2n) is 3.53. The van der Waals surface area contributed by atoms with Gasteiger partial charge in [-0.15, -0.1) is 0 Å². The lowest BCUT2D eigenvalue weighted by molar-refractivity contribution is 0.626. The van der Waals surface area contributed by atoms with Gasteiger partial charge in [0.05, 0.1) is 11.9 Å². The van der Waals surface area contributed by atoms with E-state index in [1.165, 1.54) is 12.1 Å². The summed E-state index contributed by atoms with van der Waals surface area (Å²) in [5.74, 6) is -0.274. The molecule has 18 heavy (non-hydrogen) atoms. The highest BCUT2D eigenvalue weighted by Crippen LogP contribution is 2.23. The first-order chi connectivity index (χ1) is 8.66. The van der Waals surface area contributed by atoms with Crippen molar-refractivity contribution < 1.29 is 4.39 Å². The first kappa shape index (κ1) is 13.5. The molecule has 0 bridgehead atoms. The first-order valence-corrected chi connectivity index (χ1v) is 7.02. The third kappa shape index (κ3) is 3.52. The van der Waals surface area contributed by atoms with Gasteiger partial charge in [0.1, 0.15) is 5.82 Å². The van der Waals surface area contributed by atoms with Crippen LogP contribution in [0.5, 0.6) is 0 Å². The summed E-state index contributed by atoms with van der Waals surface area (Å²) in [4.78, 5) is 0. The van der Waals surface area contributed by atoms with E-state index in [2.05, 4.69) is 49.0 Å². The maximum Gasteiger partial charge on any atom is 0.124 e. The lowest BCUT2D eigenvalue weighted by Crippen LogP contribution is -1.93. The lowest BCUT2D eigenvalue weighted by Gasteiger charge is -2.02. The summed E-state index contributed by atoms with van der Waals surface area (Å²) in [5.41, 5.74) is 4.47. The molecule has 2 aromatic rings. The van der Waals surface area contributed by atoms with E-state index in [0.717, 1.165) is 13.7 Å². The van der Waals surface area contributed by atoms with Crippen LogP contribution in [0.2, 0.25) is 0 Å². The molecule has 0 heterocycles. The Morgan fingerprint density at radius 2 is 1.94 bits per heavy atom. The molecule has 0 atom stereocenters. The van der Waals surface area contributed by atoms with Crippen molar-refractivity contribution in [3.63, 3.8) is 0 Å². The van der Waals surface area contributed by atoms with Crippen molar-refractivity contribution in [2.75, 3.05) is 5.43 Å². The molecule has 0 spiro atoms. The Balaban J connectivity index is 2.15. The molecule has 5 heteroatoms. The van der Waals surface area contributed by atoms with Crippen molar-refractivity contribution in [3.05, 3.63) is 61.9 Å². The third-order valence-electron chi connectivity index (χ3n) is 2.19. The molecule has 0 unspecified atom stereocenters. The van der Waals surface area contributed by atoms with E-state index < -0.39 is 0 Å². The van der Waals surface area contributed by atoms with Gasteiger partial charge in [-0.1, -0.05) is 18.2 Å². The van der Waals surface area contributed by atoms with E-state index in [0.29, 0.717) is 5.56 Å². The van der Waals surface area contributed by atoms with E-state index in [-0.39, 0.29) is 5.82 Å². The number of benzene rings is 2. The SMILES string of the molecule is Fc1cc(I)c(Br)c(C=NNc2ccccc2)c1. The van der Waals surface area contributed by atoms with Crippen LogP contribution in [-0.2, 0) is 0 Å². The molecule has 92 valence electrons. The Morgan fingerprint density at radius 1 is 1.22 bits per heavy atom. The molecule has 2 nitrogen and oxygen atoms in total. The monoisotopic (exact) mass is 418 g/mol. The fraction of sp³-hybridized carbons (Fsp3) is 0. The van der Waals surface area contributed by atoms with Crippen LogP contribution in [-0.4, -0.2) is 6.21 Å². The van der Waals surface area contributed by atoms with Crippen LogP contribution >= 0.6 is 38.5 Å². The predicted molar refractivity (Wildman–Crippen MR) is 84.5 cm³/mol. The van der Waals surface area contributed by atoms with Gasteiger partial charge < -0.3 is 0 Å². The van der Waals surface area contributed by atoms with Gasteiger partial charge in [0.25, 0.3) is 0 Å². The summed E-state index contributed by atoms with van der Waals surface area (Å²) in [7, 11) is 0. The number of nitrogens with zero attached hydrogens (tertiary/aromatic N) is 1. The zero-order valence-electron chi connectivity index (χ0n) is 9.20. The van der Waals surface area contributed by atoms with Crippen LogP contribution in [0.3, 0.4) is 0 Å². The highest BCUT2D eigenvalue weighted by Gasteiger charge is 2.04. The van der Waals surface area contributed by atoms with Gasteiger partial charge in [-0.3, -0.25) is 5.43 Å². The molecule has 2 rings (SSSR count). The van der Waals surface area contributed by atoms with Gasteiger partial charge in [-0.05, 0) is 62.8 Å². The summed E-state index contributed by atoms with van der Waals surface area (Å²) in [6.07, 6.45) is 1.59. The normalized spacial score (nSPS) is 10.8. The Kier molecular flexibility index (Phi) is 4.71. The van der Waals surface area contributed by atoms with Crippen LogP contribution < -0.4 is 5.43 Å². The molecule has 0 saturated carbocycles. The highest BCUT2D eigenvalue weighted by atomic mass is 127. The minimum absolute atomic E-state index is 0.274. The van der Waals surface area contributed by atoms with Crippen molar-refractivity contribution >= 4 is 50.4 Å². The number of halogens is 3. The van der Waals surface area contributed by atoms with Gasteiger partial charge in [-0.25, -0.2) is 4.39 Å². The Labute approximate surface area is 127 Å². The van der Waals surface area contributed by atoms with Crippen molar-refractivity contribution in [1.82, 2.24) is 0 Å². The number of para-hydroxylation sites is 1. The van der Waals surface area contributed by atoms with E-state index in [1.807, 2.05) is 30.3 Å². The molecule has 1 N–H and O–H groups in total. The van der Waals surface area contributed by atoms with Crippen molar-refractivity contribution in [3.8, 4) is 0 Å². The van der Waals surface area contributed by atoms with Gasteiger partial charge >= 0.3 is 0 Å². The first-order valence-electron chi connectivity index (χ1n) is 5.15. The molecule has 0 radical (unpaired) electrons. The second kappa shape index (κ2) is 6.29. The molecule has 0 amide bonds. The lowest BCUT2D eigenvalue weighted by atomic mass is 10.2. The van der Waals surface area contributed by atoms with Gasteiger partial charge in [0.15, 0.2) is 0 Å². The Bertz CT molecular complexity index is 573. The Morgan fingerprint density at radius 3 is 2.67 bits per heavy atom. The smallest absolute Gasteiger partial charge is 0.124 e. The van der Waals surface area contributed by atoms with E-state index >= 15 is 0 Å². The number of hydrogen-bond donors (Lipinski definition) is 1. The molecule has 0 aromatic heterocycles. The molecule has 0 aliphatic heterocycles. The summed E-state index contributed by atoms with van der Waals surface area (Å²) in [6.45, 7) is 0. The molecule has 0 fully saturated rings. The standard InChI is InChI=1S/C13H9BrFIN2/c14-13-9(6-10(15)7-12(13)16)8-17-18-11-4-2-1-3-5-11/h1-8,18H. The average molecular weight is 419 g/mol. The van der Waals surface area contributed by atoms with Crippen LogP contribution in [0.15, 0.2) is 52.0 Å². The van der Waals surface area contributed by atoms with Crippen LogP contribution in [0.4, 0.5) is 10.1 Å². The minimum atomic E-state index is -0.274. The van der Waals surface area contributed by atoms with Gasteiger partial charge in [-0.2, -0.15) is 5.10 Å². The number of hydrazone groups is 1. The van der Waals surface area contributed by atoms with Gasteiger partial charge in [0, 0.05) is 13.6 Å². The fourth-order valence-electron chi connectivity index (χ4n) is 1.36. The van der Waals surface area contributed by atoms with Crippen molar-refractivity contribution in [2.45, 2.75) is 0 Å². The van der Waals surface area contributed by atoms with Crippen molar-refractivity contribution in [1.29, 1.82) is 0 Å². The van der Waals surface area contributed by atoms with E-state index in [9.17, 15) is 4.39 Å². The molecular weight excluding hydrogens is 410 g/mol. The van der Waals surface area contributed by atoms with Crippen LogP contribution in [0, 0.1) is 9.39 Å². The molecule has 0 aliphatic rings. The predicted octanol–water partition coefficient (Wildman–Crippen LogP) is 4.64.